The Kier molecular flexibility index (Phi) is 6.79. The fourth-order valence-electron chi connectivity index (χ4n) is 4.05. The van der Waals surface area contributed by atoms with E-state index in [1.807, 2.05) is 6.07 Å². The smallest absolute Gasteiger partial charge is 0.336 e. The van der Waals surface area contributed by atoms with Crippen molar-refractivity contribution in [1.29, 1.82) is 0 Å². The van der Waals surface area contributed by atoms with Crippen molar-refractivity contribution in [3.05, 3.63) is 70.5 Å². The van der Waals surface area contributed by atoms with Crippen LogP contribution < -0.4 is 0 Å². The second kappa shape index (κ2) is 8.65. The number of fused-ring (bicyclic) bond motifs is 1. The topological polar surface area (TPSA) is 40.5 Å². The Hall–Kier alpha value is -1.91. The molecule has 0 saturated carbocycles. The minimum absolute atomic E-state index is 0. The first kappa shape index (κ1) is 20.4. The molecule has 140 valence electrons. The number of halogens is 2. The molecule has 0 heterocycles. The van der Waals surface area contributed by atoms with Crippen molar-refractivity contribution in [2.24, 2.45) is 5.92 Å². The molecule has 0 bridgehead atoms. The van der Waals surface area contributed by atoms with Crippen LogP contribution in [0.2, 0.25) is 0 Å². The fraction of sp³-hybridized carbons (Fsp3) is 0.381. The summed E-state index contributed by atoms with van der Waals surface area (Å²) in [7, 11) is 4.14. The summed E-state index contributed by atoms with van der Waals surface area (Å²) in [5, 5.41) is 9.45. The van der Waals surface area contributed by atoms with Gasteiger partial charge >= 0.3 is 5.97 Å². The highest BCUT2D eigenvalue weighted by atomic mass is 35.5. The van der Waals surface area contributed by atoms with Gasteiger partial charge in [-0.25, -0.2) is 9.18 Å². The molecule has 26 heavy (non-hydrogen) atoms. The highest BCUT2D eigenvalue weighted by Crippen LogP contribution is 2.39. The van der Waals surface area contributed by atoms with Gasteiger partial charge in [-0.15, -0.1) is 12.4 Å². The van der Waals surface area contributed by atoms with Crippen LogP contribution in [-0.4, -0.2) is 36.6 Å². The normalized spacial score (nSPS) is 18.9. The molecule has 0 aliphatic heterocycles. The predicted molar refractivity (Wildman–Crippen MR) is 104 cm³/mol. The Morgan fingerprint density at radius 2 is 1.96 bits per heavy atom. The SMILES string of the molecule is CN(C)CC1CCc2ccccc2C1Cc1ccc(F)cc1C(=O)O.Cl. The van der Waals surface area contributed by atoms with Crippen LogP contribution in [0.3, 0.4) is 0 Å². The van der Waals surface area contributed by atoms with Gasteiger partial charge in [0.2, 0.25) is 0 Å². The van der Waals surface area contributed by atoms with Crippen molar-refractivity contribution < 1.29 is 14.3 Å². The zero-order valence-corrected chi connectivity index (χ0v) is 15.9. The second-order valence-corrected chi connectivity index (χ2v) is 7.18. The fourth-order valence-corrected chi connectivity index (χ4v) is 4.05. The third-order valence-corrected chi connectivity index (χ3v) is 5.15. The lowest BCUT2D eigenvalue weighted by Gasteiger charge is -2.35. The summed E-state index contributed by atoms with van der Waals surface area (Å²) in [4.78, 5) is 13.7. The van der Waals surface area contributed by atoms with Crippen molar-refractivity contribution in [2.45, 2.75) is 25.2 Å². The van der Waals surface area contributed by atoms with Gasteiger partial charge in [0.15, 0.2) is 0 Å². The van der Waals surface area contributed by atoms with Crippen molar-refractivity contribution in [3.8, 4) is 0 Å². The van der Waals surface area contributed by atoms with Crippen LogP contribution in [0, 0.1) is 11.7 Å². The summed E-state index contributed by atoms with van der Waals surface area (Å²) in [6, 6.07) is 12.5. The number of aromatic carboxylic acids is 1. The van der Waals surface area contributed by atoms with Gasteiger partial charge in [-0.2, -0.15) is 0 Å². The maximum atomic E-state index is 13.5. The largest absolute Gasteiger partial charge is 0.478 e. The van der Waals surface area contributed by atoms with Crippen molar-refractivity contribution >= 4 is 18.4 Å². The van der Waals surface area contributed by atoms with E-state index in [-0.39, 0.29) is 23.9 Å². The van der Waals surface area contributed by atoms with Gasteiger partial charge in [0.1, 0.15) is 5.82 Å². The molecule has 2 aromatic rings. The molecule has 5 heteroatoms. The molecule has 0 fully saturated rings. The summed E-state index contributed by atoms with van der Waals surface area (Å²) in [5.74, 6) is -0.870. The van der Waals surface area contributed by atoms with Crippen LogP contribution in [0.25, 0.3) is 0 Å². The molecule has 0 spiro atoms. The molecule has 2 atom stereocenters. The number of carbonyl (C=O) groups is 1. The third-order valence-electron chi connectivity index (χ3n) is 5.15. The first-order valence-electron chi connectivity index (χ1n) is 8.70. The third kappa shape index (κ3) is 4.43. The lowest BCUT2D eigenvalue weighted by atomic mass is 9.72. The van der Waals surface area contributed by atoms with Crippen molar-refractivity contribution in [1.82, 2.24) is 4.90 Å². The number of hydrogen-bond acceptors (Lipinski definition) is 2. The summed E-state index contributed by atoms with van der Waals surface area (Å²) in [5.41, 5.74) is 3.44. The van der Waals surface area contributed by atoms with Crippen LogP contribution >= 0.6 is 12.4 Å². The van der Waals surface area contributed by atoms with Crippen LogP contribution in [0.15, 0.2) is 42.5 Å². The van der Waals surface area contributed by atoms with E-state index in [0.29, 0.717) is 17.9 Å². The van der Waals surface area contributed by atoms with E-state index in [4.69, 9.17) is 0 Å². The monoisotopic (exact) mass is 377 g/mol. The molecule has 0 saturated heterocycles. The Labute approximate surface area is 160 Å². The molecular weight excluding hydrogens is 353 g/mol. The van der Waals surface area contributed by atoms with Crippen LogP contribution in [0.5, 0.6) is 0 Å². The molecule has 2 unspecified atom stereocenters. The number of rotatable bonds is 5. The van der Waals surface area contributed by atoms with E-state index in [9.17, 15) is 14.3 Å². The van der Waals surface area contributed by atoms with Gasteiger partial charge in [-0.3, -0.25) is 0 Å². The quantitative estimate of drug-likeness (QED) is 0.839. The molecule has 1 aliphatic carbocycles. The highest BCUT2D eigenvalue weighted by molar-refractivity contribution is 5.89. The maximum Gasteiger partial charge on any atom is 0.336 e. The van der Waals surface area contributed by atoms with Gasteiger partial charge in [0.05, 0.1) is 5.56 Å². The number of benzene rings is 2. The molecule has 1 aliphatic rings. The van der Waals surface area contributed by atoms with E-state index >= 15 is 0 Å². The Morgan fingerprint density at radius 3 is 2.65 bits per heavy atom. The minimum Gasteiger partial charge on any atom is -0.478 e. The molecule has 0 aromatic heterocycles. The zero-order valence-electron chi connectivity index (χ0n) is 15.1. The van der Waals surface area contributed by atoms with E-state index in [0.717, 1.165) is 25.5 Å². The highest BCUT2D eigenvalue weighted by Gasteiger charge is 2.30. The number of carboxylic acids is 1. The standard InChI is InChI=1S/C21H24FNO2.ClH/c1-23(2)13-16-8-7-14-5-3-4-6-18(14)19(16)11-15-9-10-17(22)12-20(15)21(24)25;/h3-6,9-10,12,16,19H,7-8,11,13H2,1-2H3,(H,24,25);1H. The lowest BCUT2D eigenvalue weighted by molar-refractivity contribution is 0.0694. The second-order valence-electron chi connectivity index (χ2n) is 7.18. The zero-order chi connectivity index (χ0) is 18.0. The summed E-state index contributed by atoms with van der Waals surface area (Å²) >= 11 is 0. The van der Waals surface area contributed by atoms with Gasteiger partial charge in [-0.05, 0) is 74.0 Å². The number of aryl methyl sites for hydroxylation is 1. The molecule has 3 nitrogen and oxygen atoms in total. The van der Waals surface area contributed by atoms with E-state index < -0.39 is 11.8 Å². The number of carboxylic acid groups (broad SMARTS) is 1. The number of nitrogens with zero attached hydrogens (tertiary/aromatic N) is 1. The van der Waals surface area contributed by atoms with E-state index in [1.165, 1.54) is 17.2 Å². The molecule has 1 N–H and O–H groups in total. The first-order valence-corrected chi connectivity index (χ1v) is 8.70. The van der Waals surface area contributed by atoms with Crippen molar-refractivity contribution in [3.63, 3.8) is 0 Å². The van der Waals surface area contributed by atoms with E-state index in [2.05, 4.69) is 37.2 Å². The van der Waals surface area contributed by atoms with Crippen LogP contribution in [-0.2, 0) is 12.8 Å². The van der Waals surface area contributed by atoms with Gasteiger partial charge in [-0.1, -0.05) is 30.3 Å². The van der Waals surface area contributed by atoms with Gasteiger partial charge in [0, 0.05) is 6.54 Å². The number of hydrogen-bond donors (Lipinski definition) is 1. The molecule has 0 radical (unpaired) electrons. The lowest BCUT2D eigenvalue weighted by Crippen LogP contribution is -2.31. The molecular formula is C21H25ClFNO2. The predicted octanol–water partition coefficient (Wildman–Crippen LogP) is 4.40. The van der Waals surface area contributed by atoms with Crippen LogP contribution in [0.1, 0.15) is 39.4 Å². The molecule has 3 rings (SSSR count). The summed E-state index contributed by atoms with van der Waals surface area (Å²) < 4.78 is 13.5. The van der Waals surface area contributed by atoms with E-state index in [1.54, 1.807) is 6.07 Å². The average molecular weight is 378 g/mol. The Bertz CT molecular complexity index is 778. The Morgan fingerprint density at radius 1 is 1.23 bits per heavy atom. The first-order chi connectivity index (χ1) is 12.0. The summed E-state index contributed by atoms with van der Waals surface area (Å²) in [6.45, 7) is 0.961. The molecule has 0 amide bonds. The van der Waals surface area contributed by atoms with Crippen molar-refractivity contribution in [2.75, 3.05) is 20.6 Å². The average Bonchev–Trinajstić information content (AvgIpc) is 2.57. The summed E-state index contributed by atoms with van der Waals surface area (Å²) in [6.07, 6.45) is 2.77. The van der Waals surface area contributed by atoms with Gasteiger partial charge in [0.25, 0.3) is 0 Å². The Balaban J connectivity index is 0.00000243. The minimum atomic E-state index is -1.07. The van der Waals surface area contributed by atoms with Gasteiger partial charge < -0.3 is 10.0 Å². The maximum absolute atomic E-state index is 13.5. The van der Waals surface area contributed by atoms with Crippen LogP contribution in [0.4, 0.5) is 4.39 Å². The molecule has 2 aromatic carbocycles.